The lowest BCUT2D eigenvalue weighted by Gasteiger charge is -2.11. The molecule has 126 valence electrons. The van der Waals surface area contributed by atoms with Gasteiger partial charge in [0.2, 0.25) is 5.91 Å². The van der Waals surface area contributed by atoms with Crippen LogP contribution in [0, 0.1) is 0 Å². The van der Waals surface area contributed by atoms with Crippen LogP contribution in [0.3, 0.4) is 0 Å². The molecule has 0 unspecified atom stereocenters. The van der Waals surface area contributed by atoms with Crippen molar-refractivity contribution in [1.82, 2.24) is 0 Å². The minimum Gasteiger partial charge on any atom is -0.497 e. The number of hydrogen-bond donors (Lipinski definition) is 1. The van der Waals surface area contributed by atoms with E-state index in [2.05, 4.69) is 12.2 Å². The second-order valence-corrected chi connectivity index (χ2v) is 5.30. The third-order valence-electron chi connectivity index (χ3n) is 3.42. The van der Waals surface area contributed by atoms with Crippen LogP contribution in [0.4, 0.5) is 5.69 Å². The summed E-state index contributed by atoms with van der Waals surface area (Å²) in [4.78, 5) is 12.1. The van der Waals surface area contributed by atoms with Crippen molar-refractivity contribution in [2.45, 2.75) is 19.8 Å². The summed E-state index contributed by atoms with van der Waals surface area (Å²) in [6.07, 6.45) is 5.30. The SMILES string of the molecule is CCCCOc1ccccc1NC(=O)/C=C/c1cccc(OC)c1. The van der Waals surface area contributed by atoms with Crippen LogP contribution in [-0.2, 0) is 4.79 Å². The Kier molecular flexibility index (Phi) is 6.90. The second-order valence-electron chi connectivity index (χ2n) is 5.30. The molecule has 0 aliphatic carbocycles. The molecular formula is C20H23NO3. The van der Waals surface area contributed by atoms with Crippen molar-refractivity contribution in [3.8, 4) is 11.5 Å². The number of benzene rings is 2. The van der Waals surface area contributed by atoms with Gasteiger partial charge in [0.25, 0.3) is 0 Å². The molecule has 2 rings (SSSR count). The van der Waals surface area contributed by atoms with Gasteiger partial charge in [0.05, 0.1) is 19.4 Å². The highest BCUT2D eigenvalue weighted by Gasteiger charge is 2.05. The van der Waals surface area contributed by atoms with E-state index in [0.717, 1.165) is 24.2 Å². The summed E-state index contributed by atoms with van der Waals surface area (Å²) >= 11 is 0. The van der Waals surface area contributed by atoms with Gasteiger partial charge >= 0.3 is 0 Å². The Labute approximate surface area is 143 Å². The molecule has 0 saturated heterocycles. The molecule has 4 heteroatoms. The Hall–Kier alpha value is -2.75. The highest BCUT2D eigenvalue weighted by Crippen LogP contribution is 2.24. The number of anilines is 1. The molecule has 0 atom stereocenters. The Morgan fingerprint density at radius 1 is 1.17 bits per heavy atom. The Morgan fingerprint density at radius 3 is 2.79 bits per heavy atom. The quantitative estimate of drug-likeness (QED) is 0.573. The zero-order valence-electron chi connectivity index (χ0n) is 14.1. The van der Waals surface area contributed by atoms with Gasteiger partial charge in [0.15, 0.2) is 0 Å². The van der Waals surface area contributed by atoms with Gasteiger partial charge in [-0.25, -0.2) is 0 Å². The second kappa shape index (κ2) is 9.40. The smallest absolute Gasteiger partial charge is 0.248 e. The molecule has 0 saturated carbocycles. The number of amides is 1. The normalized spacial score (nSPS) is 10.6. The lowest BCUT2D eigenvalue weighted by atomic mass is 10.2. The summed E-state index contributed by atoms with van der Waals surface area (Å²) in [6, 6.07) is 15.0. The van der Waals surface area contributed by atoms with Gasteiger partial charge in [-0.2, -0.15) is 0 Å². The van der Waals surface area contributed by atoms with Crippen LogP contribution in [0.25, 0.3) is 6.08 Å². The van der Waals surface area contributed by atoms with Gasteiger partial charge in [0.1, 0.15) is 11.5 Å². The van der Waals surface area contributed by atoms with Crippen LogP contribution in [0.2, 0.25) is 0 Å². The number of para-hydroxylation sites is 2. The summed E-state index contributed by atoms with van der Waals surface area (Å²) < 4.78 is 10.9. The molecule has 2 aromatic rings. The number of rotatable bonds is 8. The van der Waals surface area contributed by atoms with Gasteiger partial charge < -0.3 is 14.8 Å². The molecule has 4 nitrogen and oxygen atoms in total. The molecule has 0 aliphatic rings. The molecule has 1 amide bonds. The molecule has 0 aliphatic heterocycles. The highest BCUT2D eigenvalue weighted by atomic mass is 16.5. The summed E-state index contributed by atoms with van der Waals surface area (Å²) in [5.41, 5.74) is 1.57. The van der Waals surface area contributed by atoms with Crippen LogP contribution < -0.4 is 14.8 Å². The molecule has 0 bridgehead atoms. The summed E-state index contributed by atoms with van der Waals surface area (Å²) in [5.74, 6) is 1.24. The van der Waals surface area contributed by atoms with Gasteiger partial charge in [-0.05, 0) is 42.3 Å². The van der Waals surface area contributed by atoms with Crippen molar-refractivity contribution in [2.24, 2.45) is 0 Å². The van der Waals surface area contributed by atoms with Gasteiger partial charge in [-0.15, -0.1) is 0 Å². The molecular weight excluding hydrogens is 302 g/mol. The van der Waals surface area contributed by atoms with Crippen LogP contribution >= 0.6 is 0 Å². The third kappa shape index (κ3) is 5.47. The van der Waals surface area contributed by atoms with Gasteiger partial charge in [0, 0.05) is 6.08 Å². The Bertz CT molecular complexity index is 695. The summed E-state index contributed by atoms with van der Waals surface area (Å²) in [6.45, 7) is 2.75. The third-order valence-corrected chi connectivity index (χ3v) is 3.42. The number of methoxy groups -OCH3 is 1. The standard InChI is InChI=1S/C20H23NO3/c1-3-4-14-24-19-11-6-5-10-18(19)21-20(22)13-12-16-8-7-9-17(15-16)23-2/h5-13,15H,3-4,14H2,1-2H3,(H,21,22)/b13-12+. The monoisotopic (exact) mass is 325 g/mol. The average Bonchev–Trinajstić information content (AvgIpc) is 2.62. The summed E-state index contributed by atoms with van der Waals surface area (Å²) in [7, 11) is 1.62. The first-order chi connectivity index (χ1) is 11.7. The lowest BCUT2D eigenvalue weighted by molar-refractivity contribution is -0.111. The summed E-state index contributed by atoms with van der Waals surface area (Å²) in [5, 5.41) is 2.85. The molecule has 24 heavy (non-hydrogen) atoms. The zero-order chi connectivity index (χ0) is 17.2. The van der Waals surface area contributed by atoms with Crippen molar-refractivity contribution in [3.05, 3.63) is 60.2 Å². The van der Waals surface area contributed by atoms with E-state index in [0.29, 0.717) is 18.0 Å². The highest BCUT2D eigenvalue weighted by molar-refractivity contribution is 6.02. The van der Waals surface area contributed by atoms with Crippen LogP contribution in [0.5, 0.6) is 11.5 Å². The fraction of sp³-hybridized carbons (Fsp3) is 0.250. The van der Waals surface area contributed by atoms with Crippen LogP contribution in [0.1, 0.15) is 25.3 Å². The minimum atomic E-state index is -0.204. The average molecular weight is 325 g/mol. The molecule has 0 radical (unpaired) electrons. The first-order valence-corrected chi connectivity index (χ1v) is 8.08. The number of hydrogen-bond acceptors (Lipinski definition) is 3. The van der Waals surface area contributed by atoms with Crippen molar-refractivity contribution in [2.75, 3.05) is 19.0 Å². The van der Waals surface area contributed by atoms with Crippen molar-refractivity contribution >= 4 is 17.7 Å². The molecule has 0 fully saturated rings. The maximum absolute atomic E-state index is 12.1. The first-order valence-electron chi connectivity index (χ1n) is 8.08. The number of carbonyl (C=O) groups excluding carboxylic acids is 1. The minimum absolute atomic E-state index is 0.204. The van der Waals surface area contributed by atoms with E-state index in [9.17, 15) is 4.79 Å². The molecule has 2 aromatic carbocycles. The maximum Gasteiger partial charge on any atom is 0.248 e. The van der Waals surface area contributed by atoms with Gasteiger partial charge in [-0.1, -0.05) is 37.6 Å². The van der Waals surface area contributed by atoms with E-state index in [1.54, 1.807) is 13.2 Å². The predicted octanol–water partition coefficient (Wildman–Crippen LogP) is 4.53. The van der Waals surface area contributed by atoms with Gasteiger partial charge in [-0.3, -0.25) is 4.79 Å². The lowest BCUT2D eigenvalue weighted by Crippen LogP contribution is -2.09. The Morgan fingerprint density at radius 2 is 2.00 bits per heavy atom. The first kappa shape index (κ1) is 17.6. The molecule has 0 aromatic heterocycles. The fourth-order valence-corrected chi connectivity index (χ4v) is 2.11. The van der Waals surface area contributed by atoms with Crippen molar-refractivity contribution in [3.63, 3.8) is 0 Å². The van der Waals surface area contributed by atoms with E-state index in [1.807, 2.05) is 48.5 Å². The van der Waals surface area contributed by atoms with E-state index in [-0.39, 0.29) is 5.91 Å². The topological polar surface area (TPSA) is 47.6 Å². The number of unbranched alkanes of at least 4 members (excludes halogenated alkanes) is 1. The van der Waals surface area contributed by atoms with E-state index >= 15 is 0 Å². The Balaban J connectivity index is 2.00. The fourth-order valence-electron chi connectivity index (χ4n) is 2.11. The van der Waals surface area contributed by atoms with Crippen molar-refractivity contribution in [1.29, 1.82) is 0 Å². The van der Waals surface area contributed by atoms with E-state index in [4.69, 9.17) is 9.47 Å². The molecule has 0 heterocycles. The number of carbonyl (C=O) groups is 1. The predicted molar refractivity (Wildman–Crippen MR) is 97.5 cm³/mol. The molecule has 1 N–H and O–H groups in total. The number of nitrogens with one attached hydrogen (secondary N) is 1. The maximum atomic E-state index is 12.1. The molecule has 0 spiro atoms. The van der Waals surface area contributed by atoms with Crippen molar-refractivity contribution < 1.29 is 14.3 Å². The van der Waals surface area contributed by atoms with Crippen LogP contribution in [-0.4, -0.2) is 19.6 Å². The largest absolute Gasteiger partial charge is 0.497 e. The zero-order valence-corrected chi connectivity index (χ0v) is 14.1. The van der Waals surface area contributed by atoms with E-state index < -0.39 is 0 Å². The van der Waals surface area contributed by atoms with E-state index in [1.165, 1.54) is 6.08 Å². The number of ether oxygens (including phenoxy) is 2. The van der Waals surface area contributed by atoms with Crippen LogP contribution in [0.15, 0.2) is 54.6 Å².